The van der Waals surface area contributed by atoms with Gasteiger partial charge in [-0.1, -0.05) is 18.2 Å². The van der Waals surface area contributed by atoms with Crippen molar-refractivity contribution < 1.29 is 13.5 Å². The molecule has 11 heteroatoms. The summed E-state index contributed by atoms with van der Waals surface area (Å²) in [4.78, 5) is 13.0. The van der Waals surface area contributed by atoms with Crippen LogP contribution in [0, 0.1) is 0 Å². The molecule has 3 N–H and O–H groups in total. The third-order valence-electron chi connectivity index (χ3n) is 4.90. The van der Waals surface area contributed by atoms with Crippen LogP contribution in [0.4, 0.5) is 17.3 Å². The number of fused-ring (bicyclic) bond motifs is 1. The maximum absolute atomic E-state index is 12.9. The standard InChI is InChI=1S/C22H24N6O3S2/c1-28-13-20(23-14-28)33(30,31)27-22-21(24-17-7-3-4-8-18(17)25-22)26-19-12-16(29)10-9-15(19)6-5-11-32-2/h3-4,7-10,12-14,29H,5-6,11H2,1-2H3,(H,24,26)(H,25,27). The van der Waals surface area contributed by atoms with E-state index in [1.165, 1.54) is 12.5 Å². The summed E-state index contributed by atoms with van der Waals surface area (Å²) in [5.74, 6) is 1.36. The molecular weight excluding hydrogens is 460 g/mol. The zero-order valence-electron chi connectivity index (χ0n) is 18.2. The van der Waals surface area contributed by atoms with E-state index >= 15 is 0 Å². The van der Waals surface area contributed by atoms with Gasteiger partial charge in [-0.15, -0.1) is 0 Å². The van der Waals surface area contributed by atoms with E-state index in [9.17, 15) is 13.5 Å². The average molecular weight is 485 g/mol. The van der Waals surface area contributed by atoms with Crippen LogP contribution in [0.25, 0.3) is 11.0 Å². The Labute approximate surface area is 196 Å². The van der Waals surface area contributed by atoms with Gasteiger partial charge in [0.25, 0.3) is 10.0 Å². The van der Waals surface area contributed by atoms with E-state index < -0.39 is 10.0 Å². The van der Waals surface area contributed by atoms with Crippen molar-refractivity contribution in [3.63, 3.8) is 0 Å². The van der Waals surface area contributed by atoms with Gasteiger partial charge >= 0.3 is 0 Å². The van der Waals surface area contributed by atoms with Crippen molar-refractivity contribution in [2.45, 2.75) is 17.9 Å². The van der Waals surface area contributed by atoms with Gasteiger partial charge in [0.1, 0.15) is 5.75 Å². The molecule has 0 amide bonds. The normalized spacial score (nSPS) is 11.6. The number of aryl methyl sites for hydroxylation is 2. The van der Waals surface area contributed by atoms with Gasteiger partial charge in [-0.3, -0.25) is 4.72 Å². The molecular formula is C22H24N6O3S2. The molecule has 0 saturated carbocycles. The van der Waals surface area contributed by atoms with Gasteiger partial charge < -0.3 is 15.0 Å². The molecule has 2 aromatic heterocycles. The summed E-state index contributed by atoms with van der Waals surface area (Å²) in [6.45, 7) is 0. The molecule has 0 bridgehead atoms. The molecule has 0 aliphatic heterocycles. The number of benzene rings is 2. The first kappa shape index (κ1) is 22.9. The van der Waals surface area contributed by atoms with Crippen molar-refractivity contribution in [2.24, 2.45) is 7.05 Å². The Morgan fingerprint density at radius 2 is 1.82 bits per heavy atom. The Hall–Kier alpha value is -3.31. The highest BCUT2D eigenvalue weighted by Crippen LogP contribution is 2.31. The summed E-state index contributed by atoms with van der Waals surface area (Å²) < 4.78 is 29.9. The number of phenols is 1. The topological polar surface area (TPSA) is 122 Å². The second kappa shape index (κ2) is 9.67. The Kier molecular flexibility index (Phi) is 6.70. The second-order valence-corrected chi connectivity index (χ2v) is 10.1. The molecule has 0 spiro atoms. The zero-order valence-corrected chi connectivity index (χ0v) is 19.8. The minimum Gasteiger partial charge on any atom is -0.508 e. The van der Waals surface area contributed by atoms with Gasteiger partial charge in [0.2, 0.25) is 0 Å². The van der Waals surface area contributed by atoms with Gasteiger partial charge in [0, 0.05) is 25.0 Å². The summed E-state index contributed by atoms with van der Waals surface area (Å²) in [6.07, 6.45) is 6.62. The first-order chi connectivity index (χ1) is 15.9. The third-order valence-corrected chi connectivity index (χ3v) is 6.82. The number of thioether (sulfide) groups is 1. The number of anilines is 3. The molecule has 0 atom stereocenters. The summed E-state index contributed by atoms with van der Waals surface area (Å²) in [7, 11) is -2.30. The van der Waals surface area contributed by atoms with E-state index in [1.807, 2.05) is 12.1 Å². The van der Waals surface area contributed by atoms with Crippen molar-refractivity contribution >= 4 is 50.1 Å². The predicted octanol–water partition coefficient (Wildman–Crippen LogP) is 3.91. The summed E-state index contributed by atoms with van der Waals surface area (Å²) in [6, 6.07) is 12.3. The Bertz CT molecular complexity index is 1390. The number of para-hydroxylation sites is 2. The third kappa shape index (κ3) is 5.37. The zero-order chi connectivity index (χ0) is 23.4. The smallest absolute Gasteiger partial charge is 0.282 e. The lowest BCUT2D eigenvalue weighted by molar-refractivity contribution is 0.475. The second-order valence-electron chi connectivity index (χ2n) is 7.46. The maximum atomic E-state index is 12.9. The van der Waals surface area contributed by atoms with Crippen molar-refractivity contribution in [3.05, 3.63) is 60.6 Å². The van der Waals surface area contributed by atoms with Crippen LogP contribution in [-0.2, 0) is 23.5 Å². The van der Waals surface area contributed by atoms with E-state index in [1.54, 1.807) is 53.7 Å². The highest BCUT2D eigenvalue weighted by molar-refractivity contribution is 7.98. The number of hydrogen-bond acceptors (Lipinski definition) is 8. The van der Waals surface area contributed by atoms with Crippen LogP contribution in [-0.4, -0.2) is 45.1 Å². The summed E-state index contributed by atoms with van der Waals surface area (Å²) in [5.41, 5.74) is 2.76. The number of nitrogens with one attached hydrogen (secondary N) is 2. The quantitative estimate of drug-likeness (QED) is 0.306. The van der Waals surface area contributed by atoms with Crippen LogP contribution in [0.15, 0.2) is 60.0 Å². The van der Waals surface area contributed by atoms with Crippen LogP contribution >= 0.6 is 11.8 Å². The van der Waals surface area contributed by atoms with Crippen LogP contribution in [0.5, 0.6) is 5.75 Å². The van der Waals surface area contributed by atoms with Gasteiger partial charge in [-0.2, -0.15) is 20.2 Å². The first-order valence-electron chi connectivity index (χ1n) is 10.2. The van der Waals surface area contributed by atoms with E-state index in [-0.39, 0.29) is 22.4 Å². The lowest BCUT2D eigenvalue weighted by Gasteiger charge is -2.16. The minimum atomic E-state index is -3.99. The average Bonchev–Trinajstić information content (AvgIpc) is 3.23. The van der Waals surface area contributed by atoms with Crippen molar-refractivity contribution in [1.29, 1.82) is 0 Å². The molecule has 0 aliphatic rings. The minimum absolute atomic E-state index is 0.0396. The van der Waals surface area contributed by atoms with E-state index in [4.69, 9.17) is 0 Å². The predicted molar refractivity (Wildman–Crippen MR) is 132 cm³/mol. The van der Waals surface area contributed by atoms with Crippen LogP contribution in [0.3, 0.4) is 0 Å². The molecule has 2 aromatic carbocycles. The van der Waals surface area contributed by atoms with E-state index in [0.29, 0.717) is 16.7 Å². The monoisotopic (exact) mass is 484 g/mol. The SMILES string of the molecule is CSCCCc1ccc(O)cc1Nc1nc2ccccc2nc1NS(=O)(=O)c1cn(C)cn1. The lowest BCUT2D eigenvalue weighted by atomic mass is 10.1. The number of aromatic hydroxyl groups is 1. The van der Waals surface area contributed by atoms with Crippen LogP contribution in [0.2, 0.25) is 0 Å². The van der Waals surface area contributed by atoms with Gasteiger partial charge in [-0.05, 0) is 48.6 Å². The number of rotatable bonds is 9. The summed E-state index contributed by atoms with van der Waals surface area (Å²) in [5, 5.41) is 13.1. The molecule has 0 aliphatic carbocycles. The van der Waals surface area contributed by atoms with E-state index in [2.05, 4.69) is 31.2 Å². The van der Waals surface area contributed by atoms with Crippen LogP contribution in [0.1, 0.15) is 12.0 Å². The molecule has 172 valence electrons. The number of nitrogens with zero attached hydrogens (tertiary/aromatic N) is 4. The van der Waals surface area contributed by atoms with Gasteiger partial charge in [-0.25, -0.2) is 15.0 Å². The first-order valence-corrected chi connectivity index (χ1v) is 13.1. The maximum Gasteiger partial charge on any atom is 0.282 e. The molecule has 0 saturated heterocycles. The number of aromatic nitrogens is 4. The Balaban J connectivity index is 1.75. The largest absolute Gasteiger partial charge is 0.508 e. The molecule has 9 nitrogen and oxygen atoms in total. The Morgan fingerprint density at radius 3 is 2.48 bits per heavy atom. The fourth-order valence-electron chi connectivity index (χ4n) is 3.30. The van der Waals surface area contributed by atoms with Crippen molar-refractivity contribution in [2.75, 3.05) is 22.0 Å². The number of sulfonamides is 1. The van der Waals surface area contributed by atoms with Gasteiger partial charge in [0.15, 0.2) is 16.7 Å². The van der Waals surface area contributed by atoms with Crippen LogP contribution < -0.4 is 10.0 Å². The molecule has 33 heavy (non-hydrogen) atoms. The molecule has 0 unspecified atom stereocenters. The van der Waals surface area contributed by atoms with E-state index in [0.717, 1.165) is 24.2 Å². The fourth-order valence-corrected chi connectivity index (χ4v) is 4.72. The van der Waals surface area contributed by atoms with Crippen molar-refractivity contribution in [3.8, 4) is 5.75 Å². The Morgan fingerprint density at radius 1 is 1.09 bits per heavy atom. The number of hydrogen-bond donors (Lipinski definition) is 3. The fraction of sp³-hybridized carbons (Fsp3) is 0.227. The molecule has 0 radical (unpaired) electrons. The molecule has 0 fully saturated rings. The highest BCUT2D eigenvalue weighted by atomic mass is 32.2. The summed E-state index contributed by atoms with van der Waals surface area (Å²) >= 11 is 1.77. The number of imidazole rings is 1. The highest BCUT2D eigenvalue weighted by Gasteiger charge is 2.21. The molecule has 4 rings (SSSR count). The molecule has 2 heterocycles. The lowest BCUT2D eigenvalue weighted by Crippen LogP contribution is -2.16. The number of phenolic OH excluding ortho intramolecular Hbond substituents is 1. The van der Waals surface area contributed by atoms with Gasteiger partial charge in [0.05, 0.1) is 17.4 Å². The molecule has 4 aromatic rings. The van der Waals surface area contributed by atoms with Crippen molar-refractivity contribution in [1.82, 2.24) is 19.5 Å².